The van der Waals surface area contributed by atoms with Gasteiger partial charge in [0.25, 0.3) is 5.91 Å². The zero-order chi connectivity index (χ0) is 22.1. The minimum atomic E-state index is -0.581. The smallest absolute Gasteiger partial charge is 0.261 e. The minimum Gasteiger partial charge on any atom is -0.484 e. The highest BCUT2D eigenvalue weighted by Crippen LogP contribution is 2.18. The molecular weight excluding hydrogens is 400 g/mol. The van der Waals surface area contributed by atoms with Crippen LogP contribution in [0.5, 0.6) is 5.75 Å². The van der Waals surface area contributed by atoms with Crippen LogP contribution < -0.4 is 10.1 Å². The summed E-state index contributed by atoms with van der Waals surface area (Å²) >= 11 is 5.99. The highest BCUT2D eigenvalue weighted by atomic mass is 35.5. The van der Waals surface area contributed by atoms with Gasteiger partial charge in [-0.25, -0.2) is 0 Å². The number of halogens is 1. The van der Waals surface area contributed by atoms with E-state index in [4.69, 9.17) is 16.3 Å². The lowest BCUT2D eigenvalue weighted by Crippen LogP contribution is -2.51. The summed E-state index contributed by atoms with van der Waals surface area (Å²) < 4.78 is 5.77. The second-order valence-electron chi connectivity index (χ2n) is 7.44. The topological polar surface area (TPSA) is 58.6 Å². The maximum Gasteiger partial charge on any atom is 0.261 e. The van der Waals surface area contributed by atoms with E-state index < -0.39 is 6.04 Å². The quantitative estimate of drug-likeness (QED) is 0.591. The van der Waals surface area contributed by atoms with Crippen LogP contribution in [-0.4, -0.2) is 35.4 Å². The van der Waals surface area contributed by atoms with Crippen molar-refractivity contribution in [3.8, 4) is 5.75 Å². The predicted molar refractivity (Wildman–Crippen MR) is 121 cm³/mol. The highest BCUT2D eigenvalue weighted by molar-refractivity contribution is 6.30. The fraction of sp³-hybridized carbons (Fsp3) is 0.417. The average Bonchev–Trinajstić information content (AvgIpc) is 2.74. The number of carbonyl (C=O) groups excluding carboxylic acids is 2. The van der Waals surface area contributed by atoms with Crippen molar-refractivity contribution in [3.05, 3.63) is 64.7 Å². The Balaban J connectivity index is 2.21. The normalized spacial score (nSPS) is 12.7. The molecule has 0 saturated carbocycles. The van der Waals surface area contributed by atoms with Crippen LogP contribution in [0.15, 0.2) is 48.5 Å². The van der Waals surface area contributed by atoms with Gasteiger partial charge in [0.05, 0.1) is 0 Å². The van der Waals surface area contributed by atoms with Gasteiger partial charge in [-0.15, -0.1) is 0 Å². The first-order valence-corrected chi connectivity index (χ1v) is 10.8. The Morgan fingerprint density at radius 2 is 1.73 bits per heavy atom. The van der Waals surface area contributed by atoms with E-state index >= 15 is 0 Å². The molecule has 0 aromatic heterocycles. The van der Waals surface area contributed by atoms with Crippen molar-refractivity contribution >= 4 is 23.4 Å². The van der Waals surface area contributed by atoms with E-state index in [2.05, 4.69) is 5.32 Å². The van der Waals surface area contributed by atoms with Gasteiger partial charge in [0, 0.05) is 17.6 Å². The SMILES string of the molecule is CC[C@H](C)NC(=O)[C@H](CC)N(Cc1ccc(Cl)cc1)C(=O)COc1ccccc1C. The Kier molecular flexibility index (Phi) is 9.18. The summed E-state index contributed by atoms with van der Waals surface area (Å²) in [6, 6.07) is 14.3. The van der Waals surface area contributed by atoms with Gasteiger partial charge in [-0.3, -0.25) is 9.59 Å². The average molecular weight is 431 g/mol. The van der Waals surface area contributed by atoms with E-state index in [-0.39, 0.29) is 24.5 Å². The van der Waals surface area contributed by atoms with E-state index in [0.29, 0.717) is 23.7 Å². The van der Waals surface area contributed by atoms with Crippen molar-refractivity contribution in [2.24, 2.45) is 0 Å². The third kappa shape index (κ3) is 6.77. The number of benzene rings is 2. The van der Waals surface area contributed by atoms with Crippen LogP contribution in [0.25, 0.3) is 0 Å². The zero-order valence-electron chi connectivity index (χ0n) is 18.2. The lowest BCUT2D eigenvalue weighted by Gasteiger charge is -2.31. The fourth-order valence-electron chi connectivity index (χ4n) is 3.09. The number of hydrogen-bond acceptors (Lipinski definition) is 3. The number of amides is 2. The molecule has 1 N–H and O–H groups in total. The van der Waals surface area contributed by atoms with Crippen molar-refractivity contribution in [1.29, 1.82) is 0 Å². The second kappa shape index (κ2) is 11.6. The standard InChI is InChI=1S/C24H31ClN2O3/c1-5-18(4)26-24(29)21(6-2)27(15-19-11-13-20(25)14-12-19)23(28)16-30-22-10-8-7-9-17(22)3/h7-14,18,21H,5-6,15-16H2,1-4H3,(H,26,29)/t18-,21-/m0/s1. The van der Waals surface area contributed by atoms with Gasteiger partial charge < -0.3 is 15.0 Å². The Labute approximate surface area is 184 Å². The zero-order valence-corrected chi connectivity index (χ0v) is 18.9. The van der Waals surface area contributed by atoms with Crippen molar-refractivity contribution < 1.29 is 14.3 Å². The molecule has 162 valence electrons. The summed E-state index contributed by atoms with van der Waals surface area (Å²) in [5.74, 6) is 0.277. The molecule has 0 radical (unpaired) electrons. The number of hydrogen-bond donors (Lipinski definition) is 1. The molecule has 2 aromatic carbocycles. The molecule has 2 amide bonds. The van der Waals surface area contributed by atoms with Gasteiger partial charge in [0.1, 0.15) is 11.8 Å². The number of aryl methyl sites for hydroxylation is 1. The molecule has 30 heavy (non-hydrogen) atoms. The first-order chi connectivity index (χ1) is 14.3. The molecule has 0 bridgehead atoms. The summed E-state index contributed by atoms with van der Waals surface area (Å²) in [5, 5.41) is 3.62. The lowest BCUT2D eigenvalue weighted by atomic mass is 10.1. The summed E-state index contributed by atoms with van der Waals surface area (Å²) in [5.41, 5.74) is 1.86. The van der Waals surface area contributed by atoms with Gasteiger partial charge in [0.15, 0.2) is 6.61 Å². The van der Waals surface area contributed by atoms with E-state index in [1.807, 2.05) is 64.1 Å². The van der Waals surface area contributed by atoms with Crippen molar-refractivity contribution in [2.45, 2.75) is 59.2 Å². The molecule has 2 aromatic rings. The van der Waals surface area contributed by atoms with Crippen molar-refractivity contribution in [2.75, 3.05) is 6.61 Å². The molecule has 0 aliphatic rings. The second-order valence-corrected chi connectivity index (χ2v) is 7.88. The number of nitrogens with one attached hydrogen (secondary N) is 1. The maximum absolute atomic E-state index is 13.2. The molecule has 0 spiro atoms. The van der Waals surface area contributed by atoms with Crippen molar-refractivity contribution in [1.82, 2.24) is 10.2 Å². The Morgan fingerprint density at radius 1 is 1.07 bits per heavy atom. The third-order valence-electron chi connectivity index (χ3n) is 5.10. The number of carbonyl (C=O) groups is 2. The molecule has 0 fully saturated rings. The molecular formula is C24H31ClN2O3. The van der Waals surface area contributed by atoms with Crippen LogP contribution >= 0.6 is 11.6 Å². The van der Waals surface area contributed by atoms with Crippen LogP contribution in [0, 0.1) is 6.92 Å². The number of ether oxygens (including phenoxy) is 1. The van der Waals surface area contributed by atoms with E-state index in [9.17, 15) is 9.59 Å². The van der Waals surface area contributed by atoms with Crippen molar-refractivity contribution in [3.63, 3.8) is 0 Å². The van der Waals surface area contributed by atoms with Crippen LogP contribution in [0.2, 0.25) is 5.02 Å². The fourth-order valence-corrected chi connectivity index (χ4v) is 3.21. The van der Waals surface area contributed by atoms with Crippen LogP contribution in [0.4, 0.5) is 0 Å². The Bertz CT molecular complexity index is 839. The molecule has 0 heterocycles. The Morgan fingerprint density at radius 3 is 2.33 bits per heavy atom. The third-order valence-corrected chi connectivity index (χ3v) is 5.35. The van der Waals surface area contributed by atoms with E-state index in [0.717, 1.165) is 17.5 Å². The lowest BCUT2D eigenvalue weighted by molar-refractivity contribution is -0.143. The molecule has 0 unspecified atom stereocenters. The predicted octanol–water partition coefficient (Wildman–Crippen LogP) is 4.75. The van der Waals surface area contributed by atoms with Gasteiger partial charge in [-0.1, -0.05) is 55.8 Å². The van der Waals surface area contributed by atoms with Crippen LogP contribution in [0.1, 0.15) is 44.7 Å². The van der Waals surface area contributed by atoms with Crippen LogP contribution in [-0.2, 0) is 16.1 Å². The highest BCUT2D eigenvalue weighted by Gasteiger charge is 2.29. The monoisotopic (exact) mass is 430 g/mol. The molecule has 6 heteroatoms. The molecule has 0 aliphatic carbocycles. The Hall–Kier alpha value is -2.53. The number of para-hydroxylation sites is 1. The first-order valence-electron chi connectivity index (χ1n) is 10.4. The number of nitrogens with zero attached hydrogens (tertiary/aromatic N) is 1. The van der Waals surface area contributed by atoms with Gasteiger partial charge in [-0.2, -0.15) is 0 Å². The molecule has 2 rings (SSSR count). The largest absolute Gasteiger partial charge is 0.484 e. The van der Waals surface area contributed by atoms with Gasteiger partial charge >= 0.3 is 0 Å². The van der Waals surface area contributed by atoms with Crippen LogP contribution in [0.3, 0.4) is 0 Å². The maximum atomic E-state index is 13.2. The van der Waals surface area contributed by atoms with E-state index in [1.165, 1.54) is 0 Å². The summed E-state index contributed by atoms with van der Waals surface area (Å²) in [6.45, 7) is 7.98. The summed E-state index contributed by atoms with van der Waals surface area (Å²) in [7, 11) is 0. The molecule has 2 atom stereocenters. The van der Waals surface area contributed by atoms with E-state index in [1.54, 1.807) is 17.0 Å². The minimum absolute atomic E-state index is 0.0438. The number of rotatable bonds is 10. The molecule has 5 nitrogen and oxygen atoms in total. The molecule has 0 aliphatic heterocycles. The molecule has 0 saturated heterocycles. The first kappa shape index (κ1) is 23.7. The van der Waals surface area contributed by atoms with Gasteiger partial charge in [0.2, 0.25) is 5.91 Å². The summed E-state index contributed by atoms with van der Waals surface area (Å²) in [4.78, 5) is 27.6. The van der Waals surface area contributed by atoms with Gasteiger partial charge in [-0.05, 0) is 56.0 Å². The summed E-state index contributed by atoms with van der Waals surface area (Å²) in [6.07, 6.45) is 1.33.